The highest BCUT2D eigenvalue weighted by molar-refractivity contribution is 5.92. The number of aromatic nitrogens is 2. The summed E-state index contributed by atoms with van der Waals surface area (Å²) < 4.78 is 5.23. The molecule has 1 fully saturated rings. The maximum absolute atomic E-state index is 12.9. The molecular formula is C18H23N3O2. The second kappa shape index (κ2) is 6.86. The van der Waals surface area contributed by atoms with Gasteiger partial charge in [-0.25, -0.2) is 4.98 Å². The molecule has 0 radical (unpaired) electrons. The van der Waals surface area contributed by atoms with Crippen LogP contribution in [0.2, 0.25) is 0 Å². The van der Waals surface area contributed by atoms with E-state index in [0.29, 0.717) is 5.69 Å². The van der Waals surface area contributed by atoms with E-state index in [1.165, 1.54) is 6.42 Å². The average Bonchev–Trinajstić information content (AvgIpc) is 2.87. The molecule has 1 unspecified atom stereocenters. The largest absolute Gasteiger partial charge is 0.497 e. The fourth-order valence-electron chi connectivity index (χ4n) is 3.21. The summed E-state index contributed by atoms with van der Waals surface area (Å²) in [6.07, 6.45) is 5.98. The summed E-state index contributed by atoms with van der Waals surface area (Å²) in [6.45, 7) is 2.65. The molecule has 3 rings (SSSR count). The van der Waals surface area contributed by atoms with E-state index in [9.17, 15) is 4.79 Å². The van der Waals surface area contributed by atoms with Gasteiger partial charge in [0.2, 0.25) is 0 Å². The van der Waals surface area contributed by atoms with Gasteiger partial charge >= 0.3 is 0 Å². The minimum absolute atomic E-state index is 0.0355. The number of carbonyl (C=O) groups excluding carboxylic acids is 1. The van der Waals surface area contributed by atoms with E-state index in [1.54, 1.807) is 13.3 Å². The maximum atomic E-state index is 12.9. The third-order valence-corrected chi connectivity index (χ3v) is 4.45. The Kier molecular flexibility index (Phi) is 4.65. The zero-order chi connectivity index (χ0) is 16.2. The second-order valence-electron chi connectivity index (χ2n) is 6.02. The van der Waals surface area contributed by atoms with Gasteiger partial charge in [-0.15, -0.1) is 0 Å². The Balaban J connectivity index is 1.88. The number of aromatic amines is 1. The van der Waals surface area contributed by atoms with Crippen LogP contribution in [-0.4, -0.2) is 34.4 Å². The highest BCUT2D eigenvalue weighted by atomic mass is 16.5. The van der Waals surface area contributed by atoms with Crippen LogP contribution in [0.15, 0.2) is 30.5 Å². The van der Waals surface area contributed by atoms with Gasteiger partial charge in [-0.1, -0.05) is 25.0 Å². The molecule has 1 aromatic heterocycles. The molecule has 1 aromatic carbocycles. The third-order valence-electron chi connectivity index (χ3n) is 4.45. The monoisotopic (exact) mass is 313 g/mol. The van der Waals surface area contributed by atoms with E-state index in [0.717, 1.165) is 42.9 Å². The number of rotatable bonds is 3. The van der Waals surface area contributed by atoms with Crippen molar-refractivity contribution in [3.63, 3.8) is 0 Å². The number of aryl methyl sites for hydroxylation is 1. The van der Waals surface area contributed by atoms with Crippen LogP contribution in [-0.2, 0) is 0 Å². The van der Waals surface area contributed by atoms with Crippen LogP contribution >= 0.6 is 0 Å². The van der Waals surface area contributed by atoms with Gasteiger partial charge in [0.25, 0.3) is 5.91 Å². The van der Waals surface area contributed by atoms with Gasteiger partial charge < -0.3 is 14.6 Å². The lowest BCUT2D eigenvalue weighted by Gasteiger charge is -2.30. The number of imidazole rings is 1. The number of nitrogens with one attached hydrogen (secondary N) is 1. The quantitative estimate of drug-likeness (QED) is 0.943. The average molecular weight is 313 g/mol. The van der Waals surface area contributed by atoms with Gasteiger partial charge in [-0.3, -0.25) is 4.79 Å². The van der Waals surface area contributed by atoms with Crippen molar-refractivity contribution in [2.75, 3.05) is 13.7 Å². The fourth-order valence-corrected chi connectivity index (χ4v) is 3.21. The number of H-pyrrole nitrogens is 1. The van der Waals surface area contributed by atoms with Gasteiger partial charge in [-0.2, -0.15) is 0 Å². The van der Waals surface area contributed by atoms with Crippen molar-refractivity contribution in [2.45, 2.75) is 38.6 Å². The molecule has 1 atom stereocenters. The Hall–Kier alpha value is -2.30. The first-order valence-corrected chi connectivity index (χ1v) is 8.15. The molecule has 1 N–H and O–H groups in total. The van der Waals surface area contributed by atoms with Crippen molar-refractivity contribution in [2.24, 2.45) is 0 Å². The smallest absolute Gasteiger partial charge is 0.272 e. The van der Waals surface area contributed by atoms with Crippen LogP contribution in [0.4, 0.5) is 0 Å². The van der Waals surface area contributed by atoms with Gasteiger partial charge in [0.05, 0.1) is 19.3 Å². The molecule has 0 saturated carbocycles. The second-order valence-corrected chi connectivity index (χ2v) is 6.02. The van der Waals surface area contributed by atoms with E-state index in [-0.39, 0.29) is 11.9 Å². The molecule has 5 nitrogen and oxygen atoms in total. The molecule has 2 heterocycles. The Bertz CT molecular complexity index is 663. The molecule has 2 aromatic rings. The highest BCUT2D eigenvalue weighted by Crippen LogP contribution is 2.32. The van der Waals surface area contributed by atoms with Crippen molar-refractivity contribution >= 4 is 5.91 Å². The third kappa shape index (κ3) is 3.38. The lowest BCUT2D eigenvalue weighted by molar-refractivity contribution is 0.0675. The zero-order valence-electron chi connectivity index (χ0n) is 13.7. The Morgan fingerprint density at radius 3 is 2.70 bits per heavy atom. The number of benzene rings is 1. The summed E-state index contributed by atoms with van der Waals surface area (Å²) in [4.78, 5) is 22.1. The molecule has 1 saturated heterocycles. The van der Waals surface area contributed by atoms with Crippen molar-refractivity contribution in [1.29, 1.82) is 0 Å². The maximum Gasteiger partial charge on any atom is 0.272 e. The number of hydrogen-bond donors (Lipinski definition) is 1. The number of ether oxygens (including phenoxy) is 1. The first kappa shape index (κ1) is 15.6. The predicted octanol–water partition coefficient (Wildman–Crippen LogP) is 3.48. The Morgan fingerprint density at radius 1 is 1.26 bits per heavy atom. The fraction of sp³-hybridized carbons (Fsp3) is 0.444. The van der Waals surface area contributed by atoms with E-state index >= 15 is 0 Å². The molecule has 0 bridgehead atoms. The van der Waals surface area contributed by atoms with Crippen LogP contribution < -0.4 is 4.74 Å². The first-order chi connectivity index (χ1) is 11.2. The Labute approximate surface area is 136 Å². The number of nitrogens with zero attached hydrogens (tertiary/aromatic N) is 2. The summed E-state index contributed by atoms with van der Waals surface area (Å²) >= 11 is 0. The standard InChI is InChI=1S/C18H23N3O2/c1-13-19-12-16(20-13)18(22)21-11-5-3-4-6-17(21)14-7-9-15(23-2)10-8-14/h7-10,12,17H,3-6,11H2,1-2H3,(H,19,20). The van der Waals surface area contributed by atoms with E-state index in [2.05, 4.69) is 22.1 Å². The van der Waals surface area contributed by atoms with Gasteiger partial charge in [-0.05, 0) is 37.5 Å². The van der Waals surface area contributed by atoms with Gasteiger partial charge in [0.15, 0.2) is 0 Å². The number of carbonyl (C=O) groups is 1. The van der Waals surface area contributed by atoms with E-state index in [4.69, 9.17) is 4.74 Å². The molecule has 1 aliphatic rings. The minimum Gasteiger partial charge on any atom is -0.497 e. The number of hydrogen-bond acceptors (Lipinski definition) is 3. The molecule has 122 valence electrons. The summed E-state index contributed by atoms with van der Waals surface area (Å²) in [5.74, 6) is 1.64. The summed E-state index contributed by atoms with van der Waals surface area (Å²) in [5, 5.41) is 0. The van der Waals surface area contributed by atoms with Gasteiger partial charge in [0, 0.05) is 6.54 Å². The SMILES string of the molecule is COc1ccc(C2CCCCCN2C(=O)c2cnc(C)[nH]2)cc1. The first-order valence-electron chi connectivity index (χ1n) is 8.15. The summed E-state index contributed by atoms with van der Waals surface area (Å²) in [5.41, 5.74) is 1.74. The lowest BCUT2D eigenvalue weighted by atomic mass is 10.0. The van der Waals surface area contributed by atoms with Crippen molar-refractivity contribution in [1.82, 2.24) is 14.9 Å². The number of amides is 1. The molecule has 0 spiro atoms. The van der Waals surface area contributed by atoms with E-state index in [1.807, 2.05) is 24.0 Å². The zero-order valence-corrected chi connectivity index (χ0v) is 13.7. The van der Waals surface area contributed by atoms with Crippen LogP contribution in [0.5, 0.6) is 5.75 Å². The van der Waals surface area contributed by atoms with Crippen molar-refractivity contribution in [3.8, 4) is 5.75 Å². The van der Waals surface area contributed by atoms with Gasteiger partial charge in [0.1, 0.15) is 17.3 Å². The topological polar surface area (TPSA) is 58.2 Å². The predicted molar refractivity (Wildman–Crippen MR) is 88.6 cm³/mol. The molecule has 23 heavy (non-hydrogen) atoms. The number of likely N-dealkylation sites (tertiary alicyclic amines) is 1. The molecule has 1 aliphatic heterocycles. The number of methoxy groups -OCH3 is 1. The summed E-state index contributed by atoms with van der Waals surface area (Å²) in [7, 11) is 1.66. The molecule has 5 heteroatoms. The summed E-state index contributed by atoms with van der Waals surface area (Å²) in [6, 6.07) is 8.16. The minimum atomic E-state index is 0.0355. The molecule has 0 aliphatic carbocycles. The van der Waals surface area contributed by atoms with E-state index < -0.39 is 0 Å². The highest BCUT2D eigenvalue weighted by Gasteiger charge is 2.28. The van der Waals surface area contributed by atoms with Crippen LogP contribution in [0, 0.1) is 6.92 Å². The Morgan fingerprint density at radius 2 is 2.04 bits per heavy atom. The normalized spacial score (nSPS) is 18.5. The van der Waals surface area contributed by atoms with Crippen LogP contribution in [0.3, 0.4) is 0 Å². The lowest BCUT2D eigenvalue weighted by Crippen LogP contribution is -2.35. The van der Waals surface area contributed by atoms with Crippen LogP contribution in [0.25, 0.3) is 0 Å². The van der Waals surface area contributed by atoms with Crippen LogP contribution in [0.1, 0.15) is 53.6 Å². The molecular weight excluding hydrogens is 290 g/mol. The molecule has 1 amide bonds. The van der Waals surface area contributed by atoms with Crippen molar-refractivity contribution < 1.29 is 9.53 Å². The van der Waals surface area contributed by atoms with Crippen molar-refractivity contribution in [3.05, 3.63) is 47.5 Å².